The maximum atomic E-state index is 10.5. The number of anilines is 1. The van der Waals surface area contributed by atoms with Crippen LogP contribution in [0.15, 0.2) is 18.2 Å². The molecule has 0 heterocycles. The number of hydrogen-bond acceptors (Lipinski definition) is 6. The summed E-state index contributed by atoms with van der Waals surface area (Å²) in [7, 11) is -1.62. The van der Waals surface area contributed by atoms with E-state index in [1.54, 1.807) is 0 Å². The lowest BCUT2D eigenvalue weighted by atomic mass is 10.2. The molecule has 100 valence electrons. The quantitative estimate of drug-likeness (QED) is 0.418. The molecule has 0 aromatic heterocycles. The molecule has 0 aliphatic rings. The molecule has 0 bridgehead atoms. The van der Waals surface area contributed by atoms with Crippen LogP contribution < -0.4 is 5.32 Å². The second-order valence-electron chi connectivity index (χ2n) is 2.75. The zero-order valence-corrected chi connectivity index (χ0v) is 10.1. The SMILES string of the molecule is CNc1ccc([N+](=O)[O-])cc1[N+](=O)[O-].O=[PH](O)O. The van der Waals surface area contributed by atoms with Crippen LogP contribution in [-0.2, 0) is 4.57 Å². The van der Waals surface area contributed by atoms with Gasteiger partial charge in [0.1, 0.15) is 5.69 Å². The molecule has 11 heteroatoms. The Morgan fingerprint density at radius 1 is 1.22 bits per heavy atom. The molecule has 10 nitrogen and oxygen atoms in total. The van der Waals surface area contributed by atoms with Crippen LogP contribution in [0, 0.1) is 20.2 Å². The topological polar surface area (TPSA) is 156 Å². The minimum atomic E-state index is -3.13. The number of nitrogens with one attached hydrogen (secondary N) is 1. The van der Waals surface area contributed by atoms with E-state index in [1.165, 1.54) is 19.2 Å². The zero-order valence-electron chi connectivity index (χ0n) is 9.06. The van der Waals surface area contributed by atoms with Crippen molar-refractivity contribution in [1.29, 1.82) is 0 Å². The van der Waals surface area contributed by atoms with Gasteiger partial charge in [0, 0.05) is 13.1 Å². The maximum absolute atomic E-state index is 10.5. The first-order valence-corrected chi connectivity index (χ1v) is 5.62. The smallest absolute Gasteiger partial charge is 0.314 e. The number of rotatable bonds is 3. The number of benzene rings is 1. The van der Waals surface area contributed by atoms with Crippen LogP contribution in [0.25, 0.3) is 0 Å². The van der Waals surface area contributed by atoms with Gasteiger partial charge in [-0.1, -0.05) is 0 Å². The van der Waals surface area contributed by atoms with Crippen molar-refractivity contribution in [3.8, 4) is 0 Å². The fraction of sp³-hybridized carbons (Fsp3) is 0.143. The molecule has 0 aliphatic carbocycles. The van der Waals surface area contributed by atoms with Crippen LogP contribution in [0.2, 0.25) is 0 Å². The van der Waals surface area contributed by atoms with Crippen molar-refractivity contribution in [2.45, 2.75) is 0 Å². The Balaban J connectivity index is 0.000000631. The number of nitro benzene ring substituents is 2. The molecule has 0 saturated carbocycles. The highest BCUT2D eigenvalue weighted by atomic mass is 31.1. The summed E-state index contributed by atoms with van der Waals surface area (Å²) in [6.45, 7) is 0. The highest BCUT2D eigenvalue weighted by Gasteiger charge is 2.17. The van der Waals surface area contributed by atoms with Crippen LogP contribution in [0.3, 0.4) is 0 Å². The van der Waals surface area contributed by atoms with Crippen molar-refractivity contribution in [1.82, 2.24) is 0 Å². The molecule has 0 amide bonds. The molecule has 0 saturated heterocycles. The minimum absolute atomic E-state index is 0.251. The van der Waals surface area contributed by atoms with Gasteiger partial charge in [-0.2, -0.15) is 0 Å². The molecule has 0 aliphatic heterocycles. The molecule has 3 N–H and O–H groups in total. The summed E-state index contributed by atoms with van der Waals surface area (Å²) in [5.74, 6) is 0. The van der Waals surface area contributed by atoms with E-state index in [1.807, 2.05) is 0 Å². The first-order chi connectivity index (χ1) is 8.29. The molecule has 1 rings (SSSR count). The van der Waals surface area contributed by atoms with Gasteiger partial charge in [-0.15, -0.1) is 0 Å². The summed E-state index contributed by atoms with van der Waals surface area (Å²) >= 11 is 0. The Morgan fingerprint density at radius 2 is 1.72 bits per heavy atom. The summed E-state index contributed by atoms with van der Waals surface area (Å²) in [5.41, 5.74) is -0.349. The van der Waals surface area contributed by atoms with Crippen molar-refractivity contribution >= 4 is 25.3 Å². The van der Waals surface area contributed by atoms with Gasteiger partial charge in [-0.25, -0.2) is 0 Å². The maximum Gasteiger partial charge on any atom is 0.314 e. The van der Waals surface area contributed by atoms with Crippen molar-refractivity contribution in [2.24, 2.45) is 0 Å². The molecule has 1 aromatic rings. The first-order valence-electron chi connectivity index (χ1n) is 4.32. The van der Waals surface area contributed by atoms with Crippen LogP contribution in [0.4, 0.5) is 17.1 Å². The zero-order chi connectivity index (χ0) is 14.3. The summed E-state index contributed by atoms with van der Waals surface area (Å²) in [6.07, 6.45) is 0. The predicted octanol–water partition coefficient (Wildman–Crippen LogP) is 0.905. The van der Waals surface area contributed by atoms with Gasteiger partial charge >= 0.3 is 8.25 Å². The van der Waals surface area contributed by atoms with Gasteiger partial charge in [0.25, 0.3) is 11.4 Å². The summed E-state index contributed by atoms with van der Waals surface area (Å²) in [4.78, 5) is 33.8. The van der Waals surface area contributed by atoms with Gasteiger partial charge < -0.3 is 15.1 Å². The van der Waals surface area contributed by atoms with E-state index >= 15 is 0 Å². The normalized spacial score (nSPS) is 9.33. The highest BCUT2D eigenvalue weighted by Crippen LogP contribution is 2.28. The molecular formula is C7H10N3O7P. The molecule has 0 spiro atoms. The van der Waals surface area contributed by atoms with Crippen molar-refractivity contribution in [2.75, 3.05) is 12.4 Å². The fourth-order valence-corrected chi connectivity index (χ4v) is 0.996. The third-order valence-corrected chi connectivity index (χ3v) is 1.66. The lowest BCUT2D eigenvalue weighted by molar-refractivity contribution is -0.393. The lowest BCUT2D eigenvalue weighted by Gasteiger charge is -2.00. The van der Waals surface area contributed by atoms with Crippen molar-refractivity contribution < 1.29 is 24.2 Å². The van der Waals surface area contributed by atoms with E-state index in [0.29, 0.717) is 0 Å². The number of nitro groups is 2. The molecular weight excluding hydrogens is 269 g/mol. The average Bonchev–Trinajstić information content (AvgIpc) is 2.27. The predicted molar refractivity (Wildman–Crippen MR) is 62.7 cm³/mol. The van der Waals surface area contributed by atoms with Crippen molar-refractivity contribution in [3.63, 3.8) is 0 Å². The lowest BCUT2D eigenvalue weighted by Crippen LogP contribution is -1.98. The third kappa shape index (κ3) is 5.34. The van der Waals surface area contributed by atoms with E-state index in [0.717, 1.165) is 6.07 Å². The molecule has 0 fully saturated rings. The van der Waals surface area contributed by atoms with Crippen LogP contribution >= 0.6 is 8.25 Å². The number of non-ortho nitro benzene ring substituents is 1. The summed E-state index contributed by atoms with van der Waals surface area (Å²) in [6, 6.07) is 3.43. The Hall–Kier alpha value is -2.03. The number of nitrogens with zero attached hydrogens (tertiary/aromatic N) is 2. The van der Waals surface area contributed by atoms with E-state index in [-0.39, 0.29) is 17.1 Å². The van der Waals surface area contributed by atoms with Gasteiger partial charge in [-0.3, -0.25) is 24.8 Å². The fourth-order valence-electron chi connectivity index (χ4n) is 0.996. The molecule has 0 unspecified atom stereocenters. The Kier molecular flexibility index (Phi) is 6.50. The standard InChI is InChI=1S/C7H7N3O4.H3O3P/c1-8-6-3-2-5(9(11)12)4-7(6)10(13)14;1-4(2)3/h2-4,8H,1H3;4H,(H2,1,2,3). The summed E-state index contributed by atoms with van der Waals surface area (Å²) < 4.78 is 8.74. The van der Waals surface area contributed by atoms with E-state index < -0.39 is 18.1 Å². The van der Waals surface area contributed by atoms with Crippen LogP contribution in [0.1, 0.15) is 0 Å². The third-order valence-electron chi connectivity index (χ3n) is 1.66. The Labute approximate surface area is 101 Å². The largest absolute Gasteiger partial charge is 0.383 e. The molecule has 0 radical (unpaired) electrons. The Bertz CT molecular complexity index is 474. The van der Waals surface area contributed by atoms with E-state index in [4.69, 9.17) is 14.4 Å². The average molecular weight is 279 g/mol. The Morgan fingerprint density at radius 3 is 2.06 bits per heavy atom. The van der Waals surface area contributed by atoms with Gasteiger partial charge in [0.05, 0.1) is 15.9 Å². The number of hydrogen-bond donors (Lipinski definition) is 3. The van der Waals surface area contributed by atoms with Gasteiger partial charge in [0.15, 0.2) is 0 Å². The van der Waals surface area contributed by atoms with E-state index in [2.05, 4.69) is 5.32 Å². The van der Waals surface area contributed by atoms with Crippen LogP contribution in [0.5, 0.6) is 0 Å². The molecule has 18 heavy (non-hydrogen) atoms. The monoisotopic (exact) mass is 279 g/mol. The van der Waals surface area contributed by atoms with Gasteiger partial charge in [0.2, 0.25) is 0 Å². The summed E-state index contributed by atoms with van der Waals surface area (Å²) in [5, 5.41) is 23.4. The van der Waals surface area contributed by atoms with Crippen LogP contribution in [-0.4, -0.2) is 26.7 Å². The minimum Gasteiger partial charge on any atom is -0.383 e. The van der Waals surface area contributed by atoms with Gasteiger partial charge in [-0.05, 0) is 6.07 Å². The molecule has 0 atom stereocenters. The van der Waals surface area contributed by atoms with E-state index in [9.17, 15) is 20.2 Å². The first kappa shape index (κ1) is 16.0. The highest BCUT2D eigenvalue weighted by molar-refractivity contribution is 7.30. The molecule has 1 aromatic carbocycles. The van der Waals surface area contributed by atoms with Crippen molar-refractivity contribution in [3.05, 3.63) is 38.4 Å². The second kappa shape index (κ2) is 7.33. The second-order valence-corrected chi connectivity index (χ2v) is 3.31.